The zero-order chi connectivity index (χ0) is 12.8. The van der Waals surface area contributed by atoms with Gasteiger partial charge in [0.15, 0.2) is 6.34 Å². The molecule has 1 aromatic carbocycles. The number of hydrogen-bond donors (Lipinski definition) is 2. The van der Waals surface area contributed by atoms with Gasteiger partial charge in [-0.1, -0.05) is 11.6 Å². The lowest BCUT2D eigenvalue weighted by Crippen LogP contribution is -3.05. The van der Waals surface area contributed by atoms with Gasteiger partial charge in [-0.05, 0) is 24.3 Å². The molecule has 0 radical (unpaired) electrons. The van der Waals surface area contributed by atoms with E-state index in [0.717, 1.165) is 13.0 Å². The summed E-state index contributed by atoms with van der Waals surface area (Å²) in [4.78, 5) is 16.9. The van der Waals surface area contributed by atoms with E-state index in [-0.39, 0.29) is 18.3 Å². The number of nitrogens with zero attached hydrogens (tertiary/aromatic N) is 1. The number of halogens is 2. The molecule has 0 aromatic heterocycles. The van der Waals surface area contributed by atoms with E-state index in [9.17, 15) is 4.79 Å². The normalized spacial score (nSPS) is 16.2. The molecule has 0 saturated heterocycles. The van der Waals surface area contributed by atoms with E-state index < -0.39 is 0 Å². The SMILES string of the molecule is O=C(NCCC[NH+]1C=CN=C1)c1ccc(Cl)cc1.[Cl-]. The molecule has 2 N–H and O–H groups in total. The van der Waals surface area contributed by atoms with Crippen molar-refractivity contribution in [1.29, 1.82) is 0 Å². The van der Waals surface area contributed by atoms with E-state index in [4.69, 9.17) is 11.6 Å². The molecule has 1 aromatic rings. The molecule has 0 saturated carbocycles. The van der Waals surface area contributed by atoms with E-state index in [1.165, 1.54) is 4.90 Å². The Kier molecular flexibility index (Phi) is 6.56. The lowest BCUT2D eigenvalue weighted by atomic mass is 10.2. The fourth-order valence-electron chi connectivity index (χ4n) is 1.67. The molecule has 0 aliphatic carbocycles. The van der Waals surface area contributed by atoms with Crippen molar-refractivity contribution >= 4 is 23.8 Å². The number of benzene rings is 1. The van der Waals surface area contributed by atoms with Gasteiger partial charge in [-0.2, -0.15) is 0 Å². The van der Waals surface area contributed by atoms with Gasteiger partial charge in [0, 0.05) is 23.6 Å². The van der Waals surface area contributed by atoms with E-state index in [1.54, 1.807) is 30.5 Å². The quantitative estimate of drug-likeness (QED) is 0.599. The van der Waals surface area contributed by atoms with Crippen molar-refractivity contribution in [3.8, 4) is 0 Å². The van der Waals surface area contributed by atoms with Crippen molar-refractivity contribution in [3.05, 3.63) is 47.3 Å². The molecule has 1 aliphatic rings. The summed E-state index contributed by atoms with van der Waals surface area (Å²) in [6.45, 7) is 1.59. The first kappa shape index (κ1) is 15.7. The first-order chi connectivity index (χ1) is 8.75. The average molecular weight is 300 g/mol. The van der Waals surface area contributed by atoms with Crippen LogP contribution in [0.2, 0.25) is 5.02 Å². The van der Waals surface area contributed by atoms with E-state index >= 15 is 0 Å². The molecule has 0 spiro atoms. The number of carbonyl (C=O) groups is 1. The highest BCUT2D eigenvalue weighted by atomic mass is 35.5. The summed E-state index contributed by atoms with van der Waals surface area (Å²) < 4.78 is 0. The van der Waals surface area contributed by atoms with Gasteiger partial charge in [-0.15, -0.1) is 0 Å². The summed E-state index contributed by atoms with van der Waals surface area (Å²) in [5.41, 5.74) is 0.634. The van der Waals surface area contributed by atoms with Crippen molar-refractivity contribution in [2.75, 3.05) is 13.1 Å². The summed E-state index contributed by atoms with van der Waals surface area (Å²) in [6.07, 6.45) is 6.52. The van der Waals surface area contributed by atoms with Gasteiger partial charge in [0.25, 0.3) is 5.91 Å². The first-order valence-corrected chi connectivity index (χ1v) is 6.23. The minimum absolute atomic E-state index is 0. The van der Waals surface area contributed by atoms with Crippen LogP contribution in [0.1, 0.15) is 16.8 Å². The van der Waals surface area contributed by atoms with Crippen molar-refractivity contribution < 1.29 is 22.1 Å². The minimum Gasteiger partial charge on any atom is -1.00 e. The maximum atomic E-state index is 11.8. The summed E-state index contributed by atoms with van der Waals surface area (Å²) in [5, 5.41) is 3.51. The molecule has 1 amide bonds. The van der Waals surface area contributed by atoms with Crippen LogP contribution in [-0.2, 0) is 0 Å². The van der Waals surface area contributed by atoms with Crippen molar-refractivity contribution in [3.63, 3.8) is 0 Å². The highest BCUT2D eigenvalue weighted by Crippen LogP contribution is 2.09. The van der Waals surface area contributed by atoms with Crippen LogP contribution >= 0.6 is 11.6 Å². The Labute approximate surface area is 123 Å². The zero-order valence-electron chi connectivity index (χ0n) is 10.3. The summed E-state index contributed by atoms with van der Waals surface area (Å²) in [5.74, 6) is -0.0627. The topological polar surface area (TPSA) is 45.9 Å². The third-order valence-electron chi connectivity index (χ3n) is 2.65. The summed E-state index contributed by atoms with van der Waals surface area (Å²) >= 11 is 5.76. The van der Waals surface area contributed by atoms with E-state index in [1.807, 2.05) is 12.5 Å². The van der Waals surface area contributed by atoms with Crippen molar-refractivity contribution in [1.82, 2.24) is 5.32 Å². The molecule has 2 rings (SSSR count). The van der Waals surface area contributed by atoms with Crippen LogP contribution < -0.4 is 22.6 Å². The van der Waals surface area contributed by atoms with Gasteiger partial charge in [-0.25, -0.2) is 4.99 Å². The number of carbonyl (C=O) groups excluding carboxylic acids is 1. The Hall–Kier alpha value is -1.36. The molecule has 0 bridgehead atoms. The largest absolute Gasteiger partial charge is 1.00 e. The molecule has 0 fully saturated rings. The monoisotopic (exact) mass is 299 g/mol. The second kappa shape index (κ2) is 7.94. The summed E-state index contributed by atoms with van der Waals surface area (Å²) in [6, 6.07) is 6.87. The third-order valence-corrected chi connectivity index (χ3v) is 2.90. The smallest absolute Gasteiger partial charge is 0.251 e. The van der Waals surface area contributed by atoms with E-state index in [2.05, 4.69) is 10.3 Å². The molecule has 1 aliphatic heterocycles. The number of rotatable bonds is 5. The maximum absolute atomic E-state index is 11.8. The van der Waals surface area contributed by atoms with Crippen LogP contribution in [0.15, 0.2) is 41.7 Å². The maximum Gasteiger partial charge on any atom is 0.251 e. The standard InChI is InChI=1S/C13H14ClN3O.ClH/c14-12-4-2-11(3-5-12)13(18)16-6-1-8-17-9-7-15-10-17;/h2-5,7,9-10H,1,6,8H2,(H,16,18);1H. The molecule has 1 heterocycles. The van der Waals surface area contributed by atoms with Crippen LogP contribution in [0.5, 0.6) is 0 Å². The number of quaternary nitrogens is 1. The van der Waals surface area contributed by atoms with Gasteiger partial charge in [0.05, 0.1) is 12.7 Å². The van der Waals surface area contributed by atoms with Gasteiger partial charge in [0.2, 0.25) is 0 Å². The van der Waals surface area contributed by atoms with Crippen LogP contribution in [0, 0.1) is 0 Å². The molecule has 102 valence electrons. The number of nitrogens with one attached hydrogen (secondary N) is 2. The third kappa shape index (κ3) is 5.03. The van der Waals surface area contributed by atoms with Crippen molar-refractivity contribution in [2.45, 2.75) is 6.42 Å². The van der Waals surface area contributed by atoms with Crippen LogP contribution in [-0.4, -0.2) is 25.3 Å². The number of aliphatic imine (C=N–C) groups is 1. The molecular weight excluding hydrogens is 285 g/mol. The molecule has 1 atom stereocenters. The van der Waals surface area contributed by atoms with Crippen LogP contribution in [0.25, 0.3) is 0 Å². The first-order valence-electron chi connectivity index (χ1n) is 5.85. The molecule has 1 unspecified atom stereocenters. The Bertz CT molecular complexity index is 459. The van der Waals surface area contributed by atoms with Crippen molar-refractivity contribution in [2.24, 2.45) is 4.99 Å². The van der Waals surface area contributed by atoms with E-state index in [0.29, 0.717) is 17.1 Å². The Morgan fingerprint density at radius 3 is 2.68 bits per heavy atom. The Morgan fingerprint density at radius 2 is 2.05 bits per heavy atom. The lowest BCUT2D eigenvalue weighted by Gasteiger charge is -2.07. The molecule has 19 heavy (non-hydrogen) atoms. The second-order valence-electron chi connectivity index (χ2n) is 4.04. The Balaban J connectivity index is 0.00000180. The van der Waals surface area contributed by atoms with Gasteiger partial charge < -0.3 is 17.7 Å². The predicted molar refractivity (Wildman–Crippen MR) is 71.9 cm³/mol. The highest BCUT2D eigenvalue weighted by molar-refractivity contribution is 6.30. The number of hydrogen-bond acceptors (Lipinski definition) is 2. The molecular formula is C13H15Cl2N3O. The second-order valence-corrected chi connectivity index (χ2v) is 4.47. The fraction of sp³-hybridized carbons (Fsp3) is 0.231. The minimum atomic E-state index is -0.0627. The predicted octanol–water partition coefficient (Wildman–Crippen LogP) is -2.14. The molecule has 4 nitrogen and oxygen atoms in total. The zero-order valence-corrected chi connectivity index (χ0v) is 11.8. The van der Waals surface area contributed by atoms with Gasteiger partial charge in [0.1, 0.15) is 6.20 Å². The van der Waals surface area contributed by atoms with Gasteiger partial charge >= 0.3 is 0 Å². The lowest BCUT2D eigenvalue weighted by molar-refractivity contribution is -0.736. The van der Waals surface area contributed by atoms with Gasteiger partial charge in [-0.3, -0.25) is 9.69 Å². The highest BCUT2D eigenvalue weighted by Gasteiger charge is 2.07. The number of amides is 1. The fourth-order valence-corrected chi connectivity index (χ4v) is 1.79. The average Bonchev–Trinajstić information content (AvgIpc) is 2.88. The summed E-state index contributed by atoms with van der Waals surface area (Å²) in [7, 11) is 0. The van der Waals surface area contributed by atoms with Crippen LogP contribution in [0.3, 0.4) is 0 Å². The Morgan fingerprint density at radius 1 is 1.32 bits per heavy atom. The van der Waals surface area contributed by atoms with Crippen LogP contribution in [0.4, 0.5) is 0 Å². The molecule has 6 heteroatoms.